The van der Waals surface area contributed by atoms with Crippen molar-refractivity contribution in [3.8, 4) is 11.8 Å². The largest absolute Gasteiger partial charge is 0.381 e. The van der Waals surface area contributed by atoms with Crippen molar-refractivity contribution in [3.63, 3.8) is 0 Å². The van der Waals surface area contributed by atoms with Gasteiger partial charge < -0.3 is 15.8 Å². The fraction of sp³-hybridized carbons (Fsp3) is 0.471. The van der Waals surface area contributed by atoms with Gasteiger partial charge in [0.25, 0.3) is 5.91 Å². The Hall–Kier alpha value is -1.83. The van der Waals surface area contributed by atoms with Crippen LogP contribution in [-0.2, 0) is 4.74 Å². The summed E-state index contributed by atoms with van der Waals surface area (Å²) < 4.78 is 5.33. The molecule has 1 amide bonds. The van der Waals surface area contributed by atoms with Gasteiger partial charge in [-0.3, -0.25) is 4.79 Å². The van der Waals surface area contributed by atoms with E-state index in [2.05, 4.69) is 17.2 Å². The average molecular weight is 286 g/mol. The van der Waals surface area contributed by atoms with Crippen LogP contribution in [0.25, 0.3) is 0 Å². The van der Waals surface area contributed by atoms with Gasteiger partial charge in [0.1, 0.15) is 0 Å². The average Bonchev–Trinajstić information content (AvgIpc) is 2.52. The molecule has 0 bridgehead atoms. The second-order valence-electron chi connectivity index (χ2n) is 5.25. The smallest absolute Gasteiger partial charge is 0.251 e. The Bertz CT molecular complexity index is 552. The first-order chi connectivity index (χ1) is 10.2. The molecule has 0 spiro atoms. The third-order valence-electron chi connectivity index (χ3n) is 3.80. The number of rotatable bonds is 3. The van der Waals surface area contributed by atoms with Crippen molar-refractivity contribution in [1.29, 1.82) is 0 Å². The maximum absolute atomic E-state index is 12.3. The predicted octanol–water partition coefficient (Wildman–Crippen LogP) is 1.46. The third-order valence-corrected chi connectivity index (χ3v) is 3.80. The molecule has 21 heavy (non-hydrogen) atoms. The summed E-state index contributed by atoms with van der Waals surface area (Å²) >= 11 is 0. The summed E-state index contributed by atoms with van der Waals surface area (Å²) in [5, 5.41) is 3.03. The van der Waals surface area contributed by atoms with Crippen LogP contribution in [0.5, 0.6) is 0 Å². The van der Waals surface area contributed by atoms with Gasteiger partial charge >= 0.3 is 0 Å². The van der Waals surface area contributed by atoms with Crippen LogP contribution in [0.3, 0.4) is 0 Å². The Morgan fingerprint density at radius 2 is 2.19 bits per heavy atom. The van der Waals surface area contributed by atoms with Crippen LogP contribution < -0.4 is 11.1 Å². The molecule has 1 fully saturated rings. The van der Waals surface area contributed by atoms with Crippen molar-refractivity contribution < 1.29 is 9.53 Å². The van der Waals surface area contributed by atoms with E-state index >= 15 is 0 Å². The van der Waals surface area contributed by atoms with Crippen molar-refractivity contribution in [2.45, 2.75) is 19.8 Å². The van der Waals surface area contributed by atoms with Crippen LogP contribution in [0.1, 0.15) is 34.3 Å². The first kappa shape index (κ1) is 15.6. The Labute approximate surface area is 126 Å². The Kier molecular flexibility index (Phi) is 5.79. The first-order valence-electron chi connectivity index (χ1n) is 7.37. The van der Waals surface area contributed by atoms with Crippen LogP contribution >= 0.6 is 0 Å². The van der Waals surface area contributed by atoms with Gasteiger partial charge in [0.15, 0.2) is 0 Å². The van der Waals surface area contributed by atoms with Gasteiger partial charge in [0.05, 0.1) is 6.54 Å². The lowest BCUT2D eigenvalue weighted by molar-refractivity contribution is 0.0642. The van der Waals surface area contributed by atoms with E-state index in [1.807, 2.05) is 25.1 Å². The summed E-state index contributed by atoms with van der Waals surface area (Å²) in [6, 6.07) is 5.60. The molecule has 4 heteroatoms. The number of carbonyl (C=O) groups excluding carboxylic acids is 1. The van der Waals surface area contributed by atoms with Gasteiger partial charge in [-0.05, 0) is 43.4 Å². The Balaban J connectivity index is 2.01. The number of nitrogens with one attached hydrogen (secondary N) is 1. The minimum atomic E-state index is -0.0320. The molecule has 2 rings (SSSR count). The SMILES string of the molecule is Cc1c(C#CCN)cccc1C(=O)NCC1CCOCC1. The predicted molar refractivity (Wildman–Crippen MR) is 83.0 cm³/mol. The normalized spacial score (nSPS) is 15.1. The van der Waals surface area contributed by atoms with E-state index in [4.69, 9.17) is 10.5 Å². The maximum Gasteiger partial charge on any atom is 0.251 e. The number of carbonyl (C=O) groups is 1. The molecule has 0 aromatic heterocycles. The van der Waals surface area contributed by atoms with Crippen LogP contribution in [0.4, 0.5) is 0 Å². The quantitative estimate of drug-likeness (QED) is 0.827. The van der Waals surface area contributed by atoms with Crippen molar-refractivity contribution >= 4 is 5.91 Å². The number of amides is 1. The highest BCUT2D eigenvalue weighted by atomic mass is 16.5. The fourth-order valence-corrected chi connectivity index (χ4v) is 2.45. The molecule has 1 saturated heterocycles. The van der Waals surface area contributed by atoms with E-state index in [1.54, 1.807) is 0 Å². The highest BCUT2D eigenvalue weighted by Gasteiger charge is 2.16. The lowest BCUT2D eigenvalue weighted by Gasteiger charge is -2.22. The number of hydrogen-bond donors (Lipinski definition) is 2. The second kappa shape index (κ2) is 7.82. The molecule has 0 atom stereocenters. The van der Waals surface area contributed by atoms with E-state index in [-0.39, 0.29) is 5.91 Å². The van der Waals surface area contributed by atoms with E-state index in [9.17, 15) is 4.79 Å². The first-order valence-corrected chi connectivity index (χ1v) is 7.37. The van der Waals surface area contributed by atoms with Crippen molar-refractivity contribution in [1.82, 2.24) is 5.32 Å². The third kappa shape index (κ3) is 4.32. The van der Waals surface area contributed by atoms with Gasteiger partial charge in [0.2, 0.25) is 0 Å². The molecule has 0 unspecified atom stereocenters. The Morgan fingerprint density at radius 3 is 2.90 bits per heavy atom. The van der Waals surface area contributed by atoms with Crippen LogP contribution in [0.2, 0.25) is 0 Å². The molecular formula is C17H22N2O2. The molecule has 1 aromatic carbocycles. The topological polar surface area (TPSA) is 64.4 Å². The summed E-state index contributed by atoms with van der Waals surface area (Å²) in [6.45, 7) is 4.54. The number of hydrogen-bond acceptors (Lipinski definition) is 3. The van der Waals surface area contributed by atoms with Gasteiger partial charge in [-0.15, -0.1) is 0 Å². The van der Waals surface area contributed by atoms with Crippen molar-refractivity contribution in [2.75, 3.05) is 26.3 Å². The zero-order chi connectivity index (χ0) is 15.1. The number of benzene rings is 1. The number of nitrogens with two attached hydrogens (primary N) is 1. The van der Waals surface area contributed by atoms with E-state index in [0.717, 1.165) is 37.2 Å². The molecule has 1 aromatic rings. The van der Waals surface area contributed by atoms with Crippen LogP contribution in [0, 0.1) is 24.7 Å². The van der Waals surface area contributed by atoms with Gasteiger partial charge in [0, 0.05) is 30.9 Å². The zero-order valence-corrected chi connectivity index (χ0v) is 12.4. The molecule has 112 valence electrons. The van der Waals surface area contributed by atoms with Crippen LogP contribution in [0.15, 0.2) is 18.2 Å². The summed E-state index contributed by atoms with van der Waals surface area (Å²) in [5.74, 6) is 6.31. The van der Waals surface area contributed by atoms with Crippen molar-refractivity contribution in [2.24, 2.45) is 11.7 Å². The van der Waals surface area contributed by atoms with Gasteiger partial charge in [-0.2, -0.15) is 0 Å². The minimum absolute atomic E-state index is 0.0320. The van der Waals surface area contributed by atoms with Crippen molar-refractivity contribution in [3.05, 3.63) is 34.9 Å². The standard InChI is InChI=1S/C17H22N2O2/c1-13-15(5-3-9-18)4-2-6-16(13)17(20)19-12-14-7-10-21-11-8-14/h2,4,6,14H,7-12,18H2,1H3,(H,19,20). The summed E-state index contributed by atoms with van der Waals surface area (Å²) in [7, 11) is 0. The molecule has 4 nitrogen and oxygen atoms in total. The molecule has 0 aliphatic carbocycles. The molecule has 0 saturated carbocycles. The Morgan fingerprint density at radius 1 is 1.43 bits per heavy atom. The molecule has 1 aliphatic rings. The van der Waals surface area contributed by atoms with Crippen LogP contribution in [-0.4, -0.2) is 32.2 Å². The second-order valence-corrected chi connectivity index (χ2v) is 5.25. The van der Waals surface area contributed by atoms with Gasteiger partial charge in [-0.25, -0.2) is 0 Å². The molecule has 3 N–H and O–H groups in total. The van der Waals surface area contributed by atoms with E-state index in [0.29, 0.717) is 24.6 Å². The summed E-state index contributed by atoms with van der Waals surface area (Å²) in [5.41, 5.74) is 7.84. The molecule has 0 radical (unpaired) electrons. The highest BCUT2D eigenvalue weighted by Crippen LogP contribution is 2.15. The highest BCUT2D eigenvalue weighted by molar-refractivity contribution is 5.96. The van der Waals surface area contributed by atoms with E-state index < -0.39 is 0 Å². The fourth-order valence-electron chi connectivity index (χ4n) is 2.45. The zero-order valence-electron chi connectivity index (χ0n) is 12.4. The molecule has 1 heterocycles. The minimum Gasteiger partial charge on any atom is -0.381 e. The van der Waals surface area contributed by atoms with Gasteiger partial charge in [-0.1, -0.05) is 17.9 Å². The lowest BCUT2D eigenvalue weighted by Crippen LogP contribution is -2.32. The molecule has 1 aliphatic heterocycles. The maximum atomic E-state index is 12.3. The number of ether oxygens (including phenoxy) is 1. The van der Waals surface area contributed by atoms with E-state index in [1.165, 1.54) is 0 Å². The molecular weight excluding hydrogens is 264 g/mol. The monoisotopic (exact) mass is 286 g/mol. The lowest BCUT2D eigenvalue weighted by atomic mass is 9.99. The summed E-state index contributed by atoms with van der Waals surface area (Å²) in [6.07, 6.45) is 2.03. The summed E-state index contributed by atoms with van der Waals surface area (Å²) in [4.78, 5) is 12.3.